The molecule has 108 valence electrons. The molecule has 0 bridgehead atoms. The Hall–Kier alpha value is -1.06. The van der Waals surface area contributed by atoms with Crippen molar-refractivity contribution >= 4 is 0 Å². The van der Waals surface area contributed by atoms with Gasteiger partial charge in [-0.15, -0.1) is 0 Å². The quantitative estimate of drug-likeness (QED) is 0.798. The smallest absolute Gasteiger partial charge is 0.119 e. The zero-order chi connectivity index (χ0) is 14.5. The number of ether oxygens (including phenoxy) is 1. The Bertz CT molecular complexity index is 374. The van der Waals surface area contributed by atoms with Gasteiger partial charge in [-0.25, -0.2) is 0 Å². The van der Waals surface area contributed by atoms with Gasteiger partial charge < -0.3 is 14.9 Å². The van der Waals surface area contributed by atoms with Crippen molar-refractivity contribution in [2.75, 3.05) is 13.2 Å². The average Bonchev–Trinajstić information content (AvgIpc) is 2.24. The van der Waals surface area contributed by atoms with Gasteiger partial charge in [0.05, 0.1) is 12.2 Å². The molecule has 0 saturated carbocycles. The van der Waals surface area contributed by atoms with E-state index in [0.717, 1.165) is 18.6 Å². The van der Waals surface area contributed by atoms with Crippen LogP contribution in [0.1, 0.15) is 39.7 Å². The Balaban J connectivity index is 2.61. The molecule has 0 aliphatic heterocycles. The van der Waals surface area contributed by atoms with Crippen molar-refractivity contribution < 1.29 is 14.9 Å². The Morgan fingerprint density at radius 1 is 1.05 bits per heavy atom. The highest BCUT2D eigenvalue weighted by atomic mass is 16.5. The first kappa shape index (κ1) is 16.0. The molecule has 0 amide bonds. The van der Waals surface area contributed by atoms with Crippen LogP contribution >= 0.6 is 0 Å². The van der Waals surface area contributed by atoms with Gasteiger partial charge in [-0.1, -0.05) is 26.0 Å². The van der Waals surface area contributed by atoms with Gasteiger partial charge in [0.2, 0.25) is 0 Å². The van der Waals surface area contributed by atoms with Crippen LogP contribution in [0.25, 0.3) is 0 Å². The maximum Gasteiger partial charge on any atom is 0.119 e. The van der Waals surface area contributed by atoms with E-state index in [0.29, 0.717) is 6.61 Å². The first-order valence-electron chi connectivity index (χ1n) is 6.77. The van der Waals surface area contributed by atoms with Crippen molar-refractivity contribution in [3.05, 3.63) is 29.8 Å². The van der Waals surface area contributed by atoms with E-state index in [1.54, 1.807) is 0 Å². The van der Waals surface area contributed by atoms with Gasteiger partial charge in [0, 0.05) is 0 Å². The molecule has 0 aliphatic rings. The van der Waals surface area contributed by atoms with E-state index >= 15 is 0 Å². The SMILES string of the molecule is CC(C)(O)CC(C)(C)Cc1ccc(OCCO)cc1. The van der Waals surface area contributed by atoms with E-state index in [4.69, 9.17) is 9.84 Å². The fraction of sp³-hybridized carbons (Fsp3) is 0.625. The van der Waals surface area contributed by atoms with Crippen LogP contribution in [-0.2, 0) is 6.42 Å². The van der Waals surface area contributed by atoms with Crippen LogP contribution in [0.2, 0.25) is 0 Å². The summed E-state index contributed by atoms with van der Waals surface area (Å²) in [6.07, 6.45) is 1.67. The highest BCUT2D eigenvalue weighted by Crippen LogP contribution is 2.31. The van der Waals surface area contributed by atoms with Gasteiger partial charge in [0.15, 0.2) is 0 Å². The number of aliphatic hydroxyl groups excluding tert-OH is 1. The van der Waals surface area contributed by atoms with Crippen molar-refractivity contribution in [2.45, 2.75) is 46.1 Å². The standard InChI is InChI=1S/C16H26O3/c1-15(2,12-16(3,4)18)11-13-5-7-14(8-6-13)19-10-9-17/h5-8,17-18H,9-12H2,1-4H3. The molecule has 0 saturated heterocycles. The van der Waals surface area contributed by atoms with Crippen LogP contribution in [0.5, 0.6) is 5.75 Å². The zero-order valence-corrected chi connectivity index (χ0v) is 12.4. The van der Waals surface area contributed by atoms with E-state index in [2.05, 4.69) is 13.8 Å². The third-order valence-electron chi connectivity index (χ3n) is 2.88. The molecule has 0 fully saturated rings. The molecular weight excluding hydrogens is 240 g/mol. The van der Waals surface area contributed by atoms with E-state index in [1.165, 1.54) is 5.56 Å². The molecule has 0 unspecified atom stereocenters. The monoisotopic (exact) mass is 266 g/mol. The lowest BCUT2D eigenvalue weighted by Gasteiger charge is -2.31. The molecular formula is C16H26O3. The summed E-state index contributed by atoms with van der Waals surface area (Å²) in [5.74, 6) is 0.776. The highest BCUT2D eigenvalue weighted by Gasteiger charge is 2.27. The minimum atomic E-state index is -0.645. The van der Waals surface area contributed by atoms with Crippen LogP contribution in [0.3, 0.4) is 0 Å². The number of rotatable bonds is 7. The molecule has 0 heterocycles. The normalized spacial score (nSPS) is 12.5. The van der Waals surface area contributed by atoms with Gasteiger partial charge >= 0.3 is 0 Å². The Labute approximate surface area is 116 Å². The van der Waals surface area contributed by atoms with Crippen molar-refractivity contribution in [2.24, 2.45) is 5.41 Å². The predicted molar refractivity (Wildman–Crippen MR) is 77.4 cm³/mol. The van der Waals surface area contributed by atoms with Crippen molar-refractivity contribution in [3.63, 3.8) is 0 Å². The summed E-state index contributed by atoms with van der Waals surface area (Å²) in [5.41, 5.74) is 0.630. The molecule has 3 nitrogen and oxygen atoms in total. The van der Waals surface area contributed by atoms with Crippen molar-refractivity contribution in [1.29, 1.82) is 0 Å². The summed E-state index contributed by atoms with van der Waals surface area (Å²) in [7, 11) is 0. The van der Waals surface area contributed by atoms with Gasteiger partial charge in [-0.05, 0) is 49.8 Å². The summed E-state index contributed by atoms with van der Waals surface area (Å²) in [6, 6.07) is 7.92. The molecule has 19 heavy (non-hydrogen) atoms. The fourth-order valence-electron chi connectivity index (χ4n) is 2.65. The van der Waals surface area contributed by atoms with E-state index in [9.17, 15) is 5.11 Å². The lowest BCUT2D eigenvalue weighted by atomic mass is 9.77. The van der Waals surface area contributed by atoms with Crippen molar-refractivity contribution in [3.8, 4) is 5.75 Å². The molecule has 1 rings (SSSR count). The first-order chi connectivity index (χ1) is 8.72. The Morgan fingerprint density at radius 2 is 1.63 bits per heavy atom. The van der Waals surface area contributed by atoms with Crippen LogP contribution in [0.4, 0.5) is 0 Å². The lowest BCUT2D eigenvalue weighted by Crippen LogP contribution is -2.29. The van der Waals surface area contributed by atoms with Gasteiger partial charge in [-0.2, -0.15) is 0 Å². The summed E-state index contributed by atoms with van der Waals surface area (Å²) in [6.45, 7) is 8.38. The molecule has 0 radical (unpaired) electrons. The van der Waals surface area contributed by atoms with Crippen LogP contribution in [0.15, 0.2) is 24.3 Å². The Kier molecular flexibility index (Phi) is 5.39. The Morgan fingerprint density at radius 3 is 2.11 bits per heavy atom. The van der Waals surface area contributed by atoms with E-state index < -0.39 is 5.60 Å². The van der Waals surface area contributed by atoms with Gasteiger partial charge in [0.1, 0.15) is 12.4 Å². The number of benzene rings is 1. The average molecular weight is 266 g/mol. The number of hydrogen-bond acceptors (Lipinski definition) is 3. The molecule has 0 aliphatic carbocycles. The largest absolute Gasteiger partial charge is 0.491 e. The van der Waals surface area contributed by atoms with Crippen LogP contribution in [-0.4, -0.2) is 29.0 Å². The van der Waals surface area contributed by atoms with Crippen LogP contribution in [0, 0.1) is 5.41 Å². The second-order valence-electron chi connectivity index (χ2n) is 6.55. The topological polar surface area (TPSA) is 49.7 Å². The van der Waals surface area contributed by atoms with Crippen LogP contribution < -0.4 is 4.74 Å². The third-order valence-corrected chi connectivity index (χ3v) is 2.88. The second kappa shape index (κ2) is 6.40. The van der Waals surface area contributed by atoms with Gasteiger partial charge in [-0.3, -0.25) is 0 Å². The maximum atomic E-state index is 9.93. The van der Waals surface area contributed by atoms with Gasteiger partial charge in [0.25, 0.3) is 0 Å². The number of hydrogen-bond donors (Lipinski definition) is 2. The van der Waals surface area contributed by atoms with E-state index in [-0.39, 0.29) is 12.0 Å². The molecule has 0 spiro atoms. The van der Waals surface area contributed by atoms with Crippen molar-refractivity contribution in [1.82, 2.24) is 0 Å². The summed E-state index contributed by atoms with van der Waals surface area (Å²) < 4.78 is 5.33. The maximum absolute atomic E-state index is 9.93. The number of aliphatic hydroxyl groups is 2. The highest BCUT2D eigenvalue weighted by molar-refractivity contribution is 5.27. The van der Waals surface area contributed by atoms with E-state index in [1.807, 2.05) is 38.1 Å². The molecule has 2 N–H and O–H groups in total. The molecule has 1 aromatic rings. The predicted octanol–water partition coefficient (Wildman–Crippen LogP) is 2.79. The first-order valence-corrected chi connectivity index (χ1v) is 6.77. The molecule has 3 heteroatoms. The second-order valence-corrected chi connectivity index (χ2v) is 6.55. The summed E-state index contributed by atoms with van der Waals surface area (Å²) >= 11 is 0. The summed E-state index contributed by atoms with van der Waals surface area (Å²) in [4.78, 5) is 0. The molecule has 1 aromatic carbocycles. The molecule has 0 aromatic heterocycles. The zero-order valence-electron chi connectivity index (χ0n) is 12.4. The minimum Gasteiger partial charge on any atom is -0.491 e. The minimum absolute atomic E-state index is 0.0281. The lowest BCUT2D eigenvalue weighted by molar-refractivity contribution is 0.0320. The fourth-order valence-corrected chi connectivity index (χ4v) is 2.65. The summed E-state index contributed by atoms with van der Waals surface area (Å²) in [5, 5.41) is 18.6. The molecule has 0 atom stereocenters. The third kappa shape index (κ3) is 6.60.